The van der Waals surface area contributed by atoms with Crippen molar-refractivity contribution in [1.29, 1.82) is 0 Å². The van der Waals surface area contributed by atoms with E-state index in [1.807, 2.05) is 66.2 Å². The van der Waals surface area contributed by atoms with Crippen LogP contribution in [0, 0.1) is 6.92 Å². The lowest BCUT2D eigenvalue weighted by Crippen LogP contribution is -2.37. The van der Waals surface area contributed by atoms with Crippen LogP contribution in [0.15, 0.2) is 54.6 Å². The zero-order valence-electron chi connectivity index (χ0n) is 17.0. The number of nitrogens with one attached hydrogen (secondary N) is 1. The molecular formula is C23H25N5O2. The van der Waals surface area contributed by atoms with Crippen molar-refractivity contribution >= 4 is 29.0 Å². The number of fused-ring (bicyclic) bond motifs is 1. The summed E-state index contributed by atoms with van der Waals surface area (Å²) in [6.07, 6.45) is 1.16. The third-order valence-corrected chi connectivity index (χ3v) is 5.22. The summed E-state index contributed by atoms with van der Waals surface area (Å²) in [5.41, 5.74) is 10.3. The number of para-hydroxylation sites is 1. The van der Waals surface area contributed by atoms with Gasteiger partial charge >= 0.3 is 0 Å². The van der Waals surface area contributed by atoms with Crippen molar-refractivity contribution < 1.29 is 9.59 Å². The van der Waals surface area contributed by atoms with Crippen molar-refractivity contribution in [2.24, 2.45) is 0 Å². The zero-order valence-corrected chi connectivity index (χ0v) is 17.0. The first kappa shape index (κ1) is 19.7. The summed E-state index contributed by atoms with van der Waals surface area (Å²) in [7, 11) is 0. The van der Waals surface area contributed by atoms with Crippen LogP contribution in [0.25, 0.3) is 11.1 Å². The van der Waals surface area contributed by atoms with Crippen LogP contribution in [0.1, 0.15) is 25.0 Å². The minimum Gasteiger partial charge on any atom is -0.398 e. The van der Waals surface area contributed by atoms with Crippen molar-refractivity contribution in [2.45, 2.75) is 32.7 Å². The molecule has 7 nitrogen and oxygen atoms in total. The zero-order chi connectivity index (χ0) is 21.1. The Labute approximate surface area is 175 Å². The van der Waals surface area contributed by atoms with Crippen LogP contribution in [-0.4, -0.2) is 28.1 Å². The molecule has 2 heterocycles. The van der Waals surface area contributed by atoms with Gasteiger partial charge in [-0.1, -0.05) is 30.3 Å². The summed E-state index contributed by atoms with van der Waals surface area (Å²) in [5, 5.41) is 7.26. The molecule has 7 heteroatoms. The Morgan fingerprint density at radius 1 is 1.07 bits per heavy atom. The number of nitrogens with two attached hydrogens (primary N) is 1. The van der Waals surface area contributed by atoms with E-state index in [-0.39, 0.29) is 24.7 Å². The molecule has 0 bridgehead atoms. The molecule has 2 aromatic carbocycles. The Morgan fingerprint density at radius 2 is 1.83 bits per heavy atom. The van der Waals surface area contributed by atoms with Gasteiger partial charge in [-0.25, -0.2) is 4.68 Å². The average Bonchev–Trinajstić information content (AvgIpc) is 3.13. The fourth-order valence-electron chi connectivity index (χ4n) is 3.73. The lowest BCUT2D eigenvalue weighted by molar-refractivity contribution is -0.122. The van der Waals surface area contributed by atoms with E-state index < -0.39 is 0 Å². The van der Waals surface area contributed by atoms with Gasteiger partial charge in [0.25, 0.3) is 0 Å². The summed E-state index contributed by atoms with van der Waals surface area (Å²) >= 11 is 0. The standard InChI is InChI=1S/C23H25N5O2/c1-16-15-22-27(13-4-14-28(22)26-16)23(30)12-11-21(29)25-18-9-7-17(8-10-18)19-5-2-3-6-20(19)24/h2-3,5-10,15H,4,11-14,24H2,1H3,(H,25,29). The van der Waals surface area contributed by atoms with Gasteiger partial charge < -0.3 is 11.1 Å². The highest BCUT2D eigenvalue weighted by atomic mass is 16.2. The number of hydrogen-bond donors (Lipinski definition) is 2. The van der Waals surface area contributed by atoms with Gasteiger partial charge in [0.2, 0.25) is 11.8 Å². The molecule has 0 radical (unpaired) electrons. The van der Waals surface area contributed by atoms with Crippen molar-refractivity contribution in [3.63, 3.8) is 0 Å². The van der Waals surface area contributed by atoms with Crippen molar-refractivity contribution in [1.82, 2.24) is 9.78 Å². The quantitative estimate of drug-likeness (QED) is 0.637. The molecule has 0 aliphatic carbocycles. The summed E-state index contributed by atoms with van der Waals surface area (Å²) in [5.74, 6) is 0.581. The molecule has 0 saturated carbocycles. The van der Waals surface area contributed by atoms with Crippen molar-refractivity contribution in [3.8, 4) is 11.1 Å². The predicted octanol–water partition coefficient (Wildman–Crippen LogP) is 3.60. The fourth-order valence-corrected chi connectivity index (χ4v) is 3.73. The first-order chi connectivity index (χ1) is 14.5. The molecule has 0 spiro atoms. The molecule has 30 heavy (non-hydrogen) atoms. The first-order valence-electron chi connectivity index (χ1n) is 10.1. The van der Waals surface area contributed by atoms with Crippen LogP contribution in [0.5, 0.6) is 0 Å². The maximum absolute atomic E-state index is 12.7. The Hall–Kier alpha value is -3.61. The summed E-state index contributed by atoms with van der Waals surface area (Å²) in [4.78, 5) is 26.7. The minimum absolute atomic E-state index is 0.0547. The lowest BCUT2D eigenvalue weighted by Gasteiger charge is -2.27. The molecule has 0 fully saturated rings. The molecule has 0 unspecified atom stereocenters. The van der Waals surface area contributed by atoms with Crippen LogP contribution in [0.4, 0.5) is 17.2 Å². The molecule has 154 valence electrons. The third-order valence-electron chi connectivity index (χ3n) is 5.22. The van der Waals surface area contributed by atoms with Crippen LogP contribution < -0.4 is 16.0 Å². The third kappa shape index (κ3) is 4.20. The molecule has 0 atom stereocenters. The van der Waals surface area contributed by atoms with E-state index in [1.165, 1.54) is 0 Å². The number of aryl methyl sites for hydroxylation is 2. The topological polar surface area (TPSA) is 93.2 Å². The number of anilines is 3. The van der Waals surface area contributed by atoms with Crippen LogP contribution in [-0.2, 0) is 16.1 Å². The molecular weight excluding hydrogens is 378 g/mol. The maximum atomic E-state index is 12.7. The Balaban J connectivity index is 1.33. The number of rotatable bonds is 5. The number of aromatic nitrogens is 2. The number of carbonyl (C=O) groups is 2. The monoisotopic (exact) mass is 403 g/mol. The van der Waals surface area contributed by atoms with Gasteiger partial charge in [-0.2, -0.15) is 5.10 Å². The van der Waals surface area contributed by atoms with Gasteiger partial charge in [0.05, 0.1) is 5.69 Å². The highest BCUT2D eigenvalue weighted by Gasteiger charge is 2.24. The van der Waals surface area contributed by atoms with E-state index in [0.717, 1.165) is 35.6 Å². The highest BCUT2D eigenvalue weighted by molar-refractivity contribution is 5.98. The minimum atomic E-state index is -0.183. The first-order valence-corrected chi connectivity index (χ1v) is 10.1. The second kappa shape index (κ2) is 8.41. The van der Waals surface area contributed by atoms with Crippen molar-refractivity contribution in [2.75, 3.05) is 22.5 Å². The molecule has 1 aliphatic rings. The number of nitrogen functional groups attached to an aromatic ring is 1. The molecule has 2 amide bonds. The highest BCUT2D eigenvalue weighted by Crippen LogP contribution is 2.27. The van der Waals surface area contributed by atoms with E-state index in [9.17, 15) is 9.59 Å². The SMILES string of the molecule is Cc1cc2n(n1)CCCN2C(=O)CCC(=O)Nc1ccc(-c2ccccc2N)cc1. The number of hydrogen-bond acceptors (Lipinski definition) is 4. The molecule has 4 rings (SSSR count). The Morgan fingerprint density at radius 3 is 2.60 bits per heavy atom. The largest absolute Gasteiger partial charge is 0.398 e. The second-order valence-electron chi connectivity index (χ2n) is 7.48. The van der Waals surface area contributed by atoms with E-state index >= 15 is 0 Å². The van der Waals surface area contributed by atoms with Gasteiger partial charge in [-0.3, -0.25) is 14.5 Å². The van der Waals surface area contributed by atoms with Gasteiger partial charge in [-0.05, 0) is 37.1 Å². The van der Waals surface area contributed by atoms with Gasteiger partial charge in [-0.15, -0.1) is 0 Å². The summed E-state index contributed by atoms with van der Waals surface area (Å²) < 4.78 is 1.86. The van der Waals surface area contributed by atoms with Gasteiger partial charge in [0.15, 0.2) is 0 Å². The maximum Gasteiger partial charge on any atom is 0.228 e. The average molecular weight is 403 g/mol. The predicted molar refractivity (Wildman–Crippen MR) is 118 cm³/mol. The van der Waals surface area contributed by atoms with E-state index in [4.69, 9.17) is 5.73 Å². The van der Waals surface area contributed by atoms with E-state index in [1.54, 1.807) is 4.90 Å². The second-order valence-corrected chi connectivity index (χ2v) is 7.48. The smallest absolute Gasteiger partial charge is 0.228 e. The number of nitrogens with zero attached hydrogens (tertiary/aromatic N) is 3. The molecule has 3 aromatic rings. The van der Waals surface area contributed by atoms with E-state index in [2.05, 4.69) is 10.4 Å². The summed E-state index contributed by atoms with van der Waals surface area (Å²) in [6, 6.07) is 17.1. The van der Waals surface area contributed by atoms with Crippen molar-refractivity contribution in [3.05, 3.63) is 60.3 Å². The van der Waals surface area contributed by atoms with Crippen LogP contribution in [0.2, 0.25) is 0 Å². The van der Waals surface area contributed by atoms with Crippen LogP contribution in [0.3, 0.4) is 0 Å². The fraction of sp³-hybridized carbons (Fsp3) is 0.261. The normalized spacial score (nSPS) is 13.0. The molecule has 1 aromatic heterocycles. The van der Waals surface area contributed by atoms with E-state index in [0.29, 0.717) is 17.9 Å². The number of amides is 2. The molecule has 1 aliphatic heterocycles. The molecule has 0 saturated heterocycles. The number of carbonyl (C=O) groups excluding carboxylic acids is 2. The Bertz CT molecular complexity index is 1070. The van der Waals surface area contributed by atoms with Gasteiger partial charge in [0, 0.05) is 48.9 Å². The number of benzene rings is 2. The Kier molecular flexibility index (Phi) is 5.52. The van der Waals surface area contributed by atoms with Gasteiger partial charge in [0.1, 0.15) is 5.82 Å². The molecule has 3 N–H and O–H groups in total. The lowest BCUT2D eigenvalue weighted by atomic mass is 10.0. The van der Waals surface area contributed by atoms with Crippen LogP contribution >= 0.6 is 0 Å². The summed E-state index contributed by atoms with van der Waals surface area (Å²) in [6.45, 7) is 3.40.